The van der Waals surface area contributed by atoms with Gasteiger partial charge in [-0.05, 0) is 12.5 Å². The van der Waals surface area contributed by atoms with Crippen molar-refractivity contribution < 1.29 is 20.1 Å². The van der Waals surface area contributed by atoms with E-state index in [-0.39, 0.29) is 0 Å². The second-order valence-corrected chi connectivity index (χ2v) is 4.10. The Labute approximate surface area is 83.7 Å². The summed E-state index contributed by atoms with van der Waals surface area (Å²) in [6.07, 6.45) is -4.00. The van der Waals surface area contributed by atoms with E-state index >= 15 is 0 Å². The van der Waals surface area contributed by atoms with Gasteiger partial charge in [-0.3, -0.25) is 0 Å². The third kappa shape index (κ3) is 2.90. The maximum atomic E-state index is 9.42. The minimum Gasteiger partial charge on any atom is -0.387 e. The molecular weight excluding hydrogens is 186 g/mol. The molecule has 1 aliphatic rings. The maximum Gasteiger partial charge on any atom is 0.184 e. The smallest absolute Gasteiger partial charge is 0.184 e. The molecule has 0 radical (unpaired) electrons. The van der Waals surface area contributed by atoms with Crippen molar-refractivity contribution >= 4 is 0 Å². The molecule has 0 amide bonds. The predicted octanol–water partition coefficient (Wildman–Crippen LogP) is -1.33. The number of hydrogen-bond donors (Lipinski definition) is 4. The molecule has 0 bridgehead atoms. The van der Waals surface area contributed by atoms with Crippen LogP contribution < -0.4 is 5.32 Å². The molecule has 4 atom stereocenters. The first-order valence-corrected chi connectivity index (χ1v) is 4.92. The highest BCUT2D eigenvalue weighted by atomic mass is 16.6. The van der Waals surface area contributed by atoms with Crippen molar-refractivity contribution in [3.8, 4) is 0 Å². The molecule has 0 unspecified atom stereocenters. The van der Waals surface area contributed by atoms with Gasteiger partial charge in [0.2, 0.25) is 0 Å². The van der Waals surface area contributed by atoms with Gasteiger partial charge in [0.05, 0.1) is 0 Å². The summed E-state index contributed by atoms with van der Waals surface area (Å²) in [5, 5.41) is 30.8. The Morgan fingerprint density at radius 1 is 1.21 bits per heavy atom. The lowest BCUT2D eigenvalue weighted by atomic mass is 10.1. The minimum absolute atomic E-state index is 0.438. The standard InChI is InChI=1S/C9H19NO4/c1-5(2)3-10-4-6-7(11)8(12)9(13)14-6/h5-13H,3-4H2,1-2H3/t6-,7-,8-,9+/m1/s1. The van der Waals surface area contributed by atoms with Crippen LogP contribution in [-0.4, -0.2) is 53.0 Å². The zero-order valence-corrected chi connectivity index (χ0v) is 8.55. The quantitative estimate of drug-likeness (QED) is 0.457. The molecule has 1 fully saturated rings. The summed E-state index contributed by atoms with van der Waals surface area (Å²) < 4.78 is 4.96. The fraction of sp³-hybridized carbons (Fsp3) is 1.00. The monoisotopic (exact) mass is 205 g/mol. The van der Waals surface area contributed by atoms with Crippen LogP contribution in [0.25, 0.3) is 0 Å². The van der Waals surface area contributed by atoms with Crippen LogP contribution in [0.4, 0.5) is 0 Å². The lowest BCUT2D eigenvalue weighted by molar-refractivity contribution is -0.126. The number of aliphatic hydroxyl groups is 3. The molecule has 1 saturated heterocycles. The molecule has 0 saturated carbocycles. The van der Waals surface area contributed by atoms with Crippen LogP contribution in [0.5, 0.6) is 0 Å². The van der Waals surface area contributed by atoms with Gasteiger partial charge >= 0.3 is 0 Å². The summed E-state index contributed by atoms with van der Waals surface area (Å²) in [5.74, 6) is 0.517. The third-order valence-electron chi connectivity index (χ3n) is 2.24. The van der Waals surface area contributed by atoms with Crippen LogP contribution >= 0.6 is 0 Å². The van der Waals surface area contributed by atoms with E-state index in [2.05, 4.69) is 19.2 Å². The Bertz CT molecular complexity index is 176. The maximum absolute atomic E-state index is 9.42. The van der Waals surface area contributed by atoms with Crippen molar-refractivity contribution in [1.29, 1.82) is 0 Å². The van der Waals surface area contributed by atoms with Crippen molar-refractivity contribution in [3.05, 3.63) is 0 Å². The lowest BCUT2D eigenvalue weighted by Crippen LogP contribution is -2.38. The van der Waals surface area contributed by atoms with Crippen LogP contribution in [0.2, 0.25) is 0 Å². The van der Waals surface area contributed by atoms with E-state index in [4.69, 9.17) is 9.84 Å². The summed E-state index contributed by atoms with van der Waals surface area (Å²) in [6.45, 7) is 5.40. The number of aliphatic hydroxyl groups excluding tert-OH is 3. The van der Waals surface area contributed by atoms with E-state index in [1.807, 2.05) is 0 Å². The molecule has 14 heavy (non-hydrogen) atoms. The van der Waals surface area contributed by atoms with Crippen LogP contribution in [0, 0.1) is 5.92 Å². The summed E-state index contributed by atoms with van der Waals surface area (Å²) in [6, 6.07) is 0. The van der Waals surface area contributed by atoms with Gasteiger partial charge in [0.25, 0.3) is 0 Å². The van der Waals surface area contributed by atoms with E-state index in [1.54, 1.807) is 0 Å². The Morgan fingerprint density at radius 2 is 1.86 bits per heavy atom. The van der Waals surface area contributed by atoms with Gasteiger partial charge in [0.15, 0.2) is 6.29 Å². The first-order chi connectivity index (χ1) is 6.52. The highest BCUT2D eigenvalue weighted by Crippen LogP contribution is 2.18. The normalized spacial score (nSPS) is 38.1. The predicted molar refractivity (Wildman–Crippen MR) is 50.6 cm³/mol. The van der Waals surface area contributed by atoms with Crippen molar-refractivity contribution in [3.63, 3.8) is 0 Å². The van der Waals surface area contributed by atoms with Crippen LogP contribution in [-0.2, 0) is 4.74 Å². The molecule has 0 aromatic carbocycles. The van der Waals surface area contributed by atoms with Crippen molar-refractivity contribution in [2.24, 2.45) is 5.92 Å². The Hall–Kier alpha value is -0.200. The SMILES string of the molecule is CC(C)CNC[C@H]1O[C@H](O)[C@H](O)[C@@H]1O. The third-order valence-corrected chi connectivity index (χ3v) is 2.24. The fourth-order valence-corrected chi connectivity index (χ4v) is 1.41. The zero-order valence-electron chi connectivity index (χ0n) is 8.55. The molecule has 0 aromatic heterocycles. The number of nitrogens with one attached hydrogen (secondary N) is 1. The molecule has 5 nitrogen and oxygen atoms in total. The highest BCUT2D eigenvalue weighted by molar-refractivity contribution is 4.86. The van der Waals surface area contributed by atoms with Gasteiger partial charge in [-0.1, -0.05) is 13.8 Å². The number of ether oxygens (including phenoxy) is 1. The molecule has 84 valence electrons. The molecule has 0 spiro atoms. The Kier molecular flexibility index (Phi) is 4.28. The van der Waals surface area contributed by atoms with Crippen molar-refractivity contribution in [2.45, 2.75) is 38.4 Å². The summed E-state index contributed by atoms with van der Waals surface area (Å²) in [4.78, 5) is 0. The second-order valence-electron chi connectivity index (χ2n) is 4.10. The van der Waals surface area contributed by atoms with Crippen molar-refractivity contribution in [1.82, 2.24) is 5.32 Å². The Balaban J connectivity index is 2.25. The highest BCUT2D eigenvalue weighted by Gasteiger charge is 2.41. The largest absolute Gasteiger partial charge is 0.387 e. The van der Waals surface area contributed by atoms with Crippen LogP contribution in [0.15, 0.2) is 0 Å². The van der Waals surface area contributed by atoms with E-state index in [1.165, 1.54) is 0 Å². The van der Waals surface area contributed by atoms with Crippen LogP contribution in [0.3, 0.4) is 0 Å². The first-order valence-electron chi connectivity index (χ1n) is 4.92. The molecule has 4 N–H and O–H groups in total. The van der Waals surface area contributed by atoms with E-state index in [0.717, 1.165) is 6.54 Å². The van der Waals surface area contributed by atoms with Gasteiger partial charge in [0.1, 0.15) is 18.3 Å². The average Bonchev–Trinajstić information content (AvgIpc) is 2.33. The molecule has 5 heteroatoms. The number of rotatable bonds is 4. The lowest BCUT2D eigenvalue weighted by Gasteiger charge is -2.15. The summed E-state index contributed by atoms with van der Waals surface area (Å²) in [7, 11) is 0. The summed E-state index contributed by atoms with van der Waals surface area (Å²) in [5.41, 5.74) is 0. The molecule has 1 aliphatic heterocycles. The molecular formula is C9H19NO4. The second kappa shape index (κ2) is 5.04. The van der Waals surface area contributed by atoms with E-state index < -0.39 is 24.6 Å². The molecule has 1 rings (SSSR count). The molecule has 1 heterocycles. The zero-order chi connectivity index (χ0) is 10.7. The Morgan fingerprint density at radius 3 is 2.29 bits per heavy atom. The molecule has 0 aromatic rings. The summed E-state index contributed by atoms with van der Waals surface area (Å²) >= 11 is 0. The van der Waals surface area contributed by atoms with Gasteiger partial charge in [-0.25, -0.2) is 0 Å². The number of hydrogen-bond acceptors (Lipinski definition) is 5. The topological polar surface area (TPSA) is 82.0 Å². The molecule has 0 aliphatic carbocycles. The first kappa shape index (κ1) is 11.9. The van der Waals surface area contributed by atoms with E-state index in [9.17, 15) is 10.2 Å². The fourth-order valence-electron chi connectivity index (χ4n) is 1.41. The van der Waals surface area contributed by atoms with Gasteiger partial charge in [0, 0.05) is 6.54 Å². The van der Waals surface area contributed by atoms with Crippen LogP contribution in [0.1, 0.15) is 13.8 Å². The van der Waals surface area contributed by atoms with Gasteiger partial charge in [-0.15, -0.1) is 0 Å². The average molecular weight is 205 g/mol. The van der Waals surface area contributed by atoms with Gasteiger partial charge in [-0.2, -0.15) is 0 Å². The van der Waals surface area contributed by atoms with E-state index in [0.29, 0.717) is 12.5 Å². The van der Waals surface area contributed by atoms with Crippen molar-refractivity contribution in [2.75, 3.05) is 13.1 Å². The minimum atomic E-state index is -1.27. The van der Waals surface area contributed by atoms with Gasteiger partial charge < -0.3 is 25.4 Å².